The molecule has 3 heterocycles. The summed E-state index contributed by atoms with van der Waals surface area (Å²) in [5.74, 6) is 1.46. The number of ether oxygens (including phenoxy) is 3. The minimum absolute atomic E-state index is 0.00399. The summed E-state index contributed by atoms with van der Waals surface area (Å²) >= 11 is 6.03. The number of anilines is 2. The zero-order valence-electron chi connectivity index (χ0n) is 13.9. The summed E-state index contributed by atoms with van der Waals surface area (Å²) in [4.78, 5) is 26.3. The third-order valence-corrected chi connectivity index (χ3v) is 4.05. The molecule has 9 nitrogen and oxygen atoms in total. The van der Waals surface area contributed by atoms with Gasteiger partial charge in [0.05, 0.1) is 46.2 Å². The van der Waals surface area contributed by atoms with Crippen LogP contribution in [0.5, 0.6) is 17.2 Å². The van der Waals surface area contributed by atoms with Crippen molar-refractivity contribution in [1.29, 1.82) is 0 Å². The van der Waals surface area contributed by atoms with Gasteiger partial charge in [-0.25, -0.2) is 4.98 Å². The number of carbonyl (C=O) groups is 1. The maximum Gasteiger partial charge on any atom is 0.223 e. The van der Waals surface area contributed by atoms with Gasteiger partial charge in [-0.1, -0.05) is 11.6 Å². The Balaban J connectivity index is 2.02. The van der Waals surface area contributed by atoms with Crippen molar-refractivity contribution in [2.45, 2.75) is 6.54 Å². The molecule has 2 N–H and O–H groups in total. The second kappa shape index (κ2) is 6.60. The van der Waals surface area contributed by atoms with Crippen LogP contribution in [0.4, 0.5) is 11.8 Å². The SMILES string of the molecule is COc1cnc(CN2CC(=O)c3c(Cl)nc(N)nc32)c(OC)c1OC. The van der Waals surface area contributed by atoms with E-state index in [-0.39, 0.29) is 35.5 Å². The van der Waals surface area contributed by atoms with Crippen LogP contribution in [0.2, 0.25) is 5.15 Å². The molecule has 10 heteroatoms. The fourth-order valence-corrected chi connectivity index (χ4v) is 2.98. The Kier molecular flexibility index (Phi) is 4.49. The summed E-state index contributed by atoms with van der Waals surface area (Å²) in [6.45, 7) is 0.335. The molecule has 1 aliphatic rings. The van der Waals surface area contributed by atoms with Crippen molar-refractivity contribution in [3.63, 3.8) is 0 Å². The number of pyridine rings is 1. The number of Topliss-reactive ketones (excluding diaryl/α,β-unsaturated/α-hetero) is 1. The number of hydrogen-bond acceptors (Lipinski definition) is 9. The molecule has 0 amide bonds. The van der Waals surface area contributed by atoms with Crippen molar-refractivity contribution in [3.05, 3.63) is 22.6 Å². The molecule has 0 fully saturated rings. The quantitative estimate of drug-likeness (QED) is 0.784. The van der Waals surface area contributed by atoms with Crippen LogP contribution in [0, 0.1) is 0 Å². The molecule has 0 unspecified atom stereocenters. The molecule has 0 aliphatic carbocycles. The largest absolute Gasteiger partial charge is 0.491 e. The van der Waals surface area contributed by atoms with Crippen LogP contribution in [0.15, 0.2) is 6.20 Å². The van der Waals surface area contributed by atoms with Crippen molar-refractivity contribution < 1.29 is 19.0 Å². The third-order valence-electron chi connectivity index (χ3n) is 3.77. The minimum atomic E-state index is -0.181. The Hall–Kier alpha value is -2.81. The van der Waals surface area contributed by atoms with Crippen molar-refractivity contribution in [1.82, 2.24) is 15.0 Å². The van der Waals surface area contributed by atoms with Crippen LogP contribution < -0.4 is 24.8 Å². The highest BCUT2D eigenvalue weighted by Gasteiger charge is 2.33. The highest BCUT2D eigenvalue weighted by atomic mass is 35.5. The van der Waals surface area contributed by atoms with E-state index in [1.54, 1.807) is 4.90 Å². The van der Waals surface area contributed by atoms with E-state index in [4.69, 9.17) is 31.5 Å². The summed E-state index contributed by atoms with van der Waals surface area (Å²) in [7, 11) is 4.52. The number of methoxy groups -OCH3 is 3. The Bertz CT molecular complexity index is 845. The summed E-state index contributed by atoms with van der Waals surface area (Å²) < 4.78 is 16.0. The monoisotopic (exact) mass is 365 g/mol. The van der Waals surface area contributed by atoms with Gasteiger partial charge >= 0.3 is 0 Å². The van der Waals surface area contributed by atoms with Gasteiger partial charge in [0.2, 0.25) is 11.7 Å². The fraction of sp³-hybridized carbons (Fsp3) is 0.333. The molecular weight excluding hydrogens is 350 g/mol. The van der Waals surface area contributed by atoms with Crippen molar-refractivity contribution in [2.24, 2.45) is 0 Å². The number of carbonyl (C=O) groups excluding carboxylic acids is 1. The highest BCUT2D eigenvalue weighted by Crippen LogP contribution is 2.40. The van der Waals surface area contributed by atoms with E-state index in [0.717, 1.165) is 0 Å². The van der Waals surface area contributed by atoms with E-state index >= 15 is 0 Å². The van der Waals surface area contributed by atoms with Crippen LogP contribution in [0.25, 0.3) is 0 Å². The van der Waals surface area contributed by atoms with Crippen LogP contribution in [-0.4, -0.2) is 48.6 Å². The number of rotatable bonds is 5. The molecule has 1 aliphatic heterocycles. The number of nitrogens with zero attached hydrogens (tertiary/aromatic N) is 4. The van der Waals surface area contributed by atoms with E-state index in [9.17, 15) is 4.79 Å². The number of ketones is 1. The molecule has 3 rings (SSSR count). The number of fused-ring (bicyclic) bond motifs is 1. The zero-order valence-corrected chi connectivity index (χ0v) is 14.6. The predicted octanol–water partition coefficient (Wildman–Crippen LogP) is 1.34. The second-order valence-electron chi connectivity index (χ2n) is 5.19. The smallest absolute Gasteiger partial charge is 0.223 e. The number of nitrogens with two attached hydrogens (primary N) is 1. The normalized spacial score (nSPS) is 13.0. The van der Waals surface area contributed by atoms with Gasteiger partial charge in [-0.3, -0.25) is 9.78 Å². The van der Waals surface area contributed by atoms with Crippen molar-refractivity contribution >= 4 is 29.2 Å². The second-order valence-corrected chi connectivity index (χ2v) is 5.55. The number of nitrogen functional groups attached to an aromatic ring is 1. The molecule has 2 aromatic heterocycles. The Labute approximate surface area is 148 Å². The molecule has 25 heavy (non-hydrogen) atoms. The van der Waals surface area contributed by atoms with Gasteiger partial charge in [0.25, 0.3) is 0 Å². The van der Waals surface area contributed by atoms with E-state index in [1.165, 1.54) is 27.5 Å². The molecule has 2 aromatic rings. The average Bonchev–Trinajstić information content (AvgIpc) is 2.89. The maximum absolute atomic E-state index is 12.2. The number of hydrogen-bond donors (Lipinski definition) is 1. The topological polar surface area (TPSA) is 113 Å². The zero-order chi connectivity index (χ0) is 18.1. The van der Waals surface area contributed by atoms with Crippen LogP contribution in [0.3, 0.4) is 0 Å². The van der Waals surface area contributed by atoms with E-state index in [2.05, 4.69) is 15.0 Å². The van der Waals surface area contributed by atoms with Gasteiger partial charge in [0.15, 0.2) is 17.3 Å². The first-order chi connectivity index (χ1) is 12.0. The van der Waals surface area contributed by atoms with E-state index < -0.39 is 0 Å². The number of halogens is 1. The summed E-state index contributed by atoms with van der Waals surface area (Å²) in [6, 6.07) is 0. The van der Waals surface area contributed by atoms with Crippen LogP contribution in [-0.2, 0) is 6.54 Å². The van der Waals surface area contributed by atoms with Gasteiger partial charge in [0, 0.05) is 0 Å². The number of aromatic nitrogens is 3. The van der Waals surface area contributed by atoms with Crippen LogP contribution >= 0.6 is 11.6 Å². The lowest BCUT2D eigenvalue weighted by atomic mass is 10.2. The highest BCUT2D eigenvalue weighted by molar-refractivity contribution is 6.34. The summed E-state index contributed by atoms with van der Waals surface area (Å²) in [5.41, 5.74) is 6.46. The first-order valence-electron chi connectivity index (χ1n) is 7.25. The third kappa shape index (κ3) is 2.86. The lowest BCUT2D eigenvalue weighted by molar-refractivity contribution is 0.101. The van der Waals surface area contributed by atoms with Gasteiger partial charge in [0.1, 0.15) is 16.7 Å². The Morgan fingerprint density at radius 1 is 1.20 bits per heavy atom. The molecule has 0 saturated carbocycles. The predicted molar refractivity (Wildman–Crippen MR) is 90.7 cm³/mol. The minimum Gasteiger partial charge on any atom is -0.491 e. The first kappa shape index (κ1) is 17.0. The Morgan fingerprint density at radius 3 is 2.56 bits per heavy atom. The van der Waals surface area contributed by atoms with E-state index in [0.29, 0.717) is 28.8 Å². The van der Waals surface area contributed by atoms with Crippen molar-refractivity contribution in [3.8, 4) is 17.2 Å². The lowest BCUT2D eigenvalue weighted by Gasteiger charge is -2.20. The van der Waals surface area contributed by atoms with Gasteiger partial charge < -0.3 is 24.8 Å². The summed E-state index contributed by atoms with van der Waals surface area (Å²) in [5, 5.41) is 0.0437. The van der Waals surface area contributed by atoms with Gasteiger partial charge in [-0.2, -0.15) is 4.98 Å². The Morgan fingerprint density at radius 2 is 1.92 bits per heavy atom. The molecule has 0 saturated heterocycles. The standard InChI is InChI=1S/C15H16ClN5O4/c1-23-9-4-18-7(11(24-2)12(9)25-3)5-21-6-8(22)10-13(16)19-15(17)20-14(10)21/h4H,5-6H2,1-3H3,(H2,17,19,20). The molecule has 0 radical (unpaired) electrons. The molecule has 0 aromatic carbocycles. The van der Waals surface area contributed by atoms with Gasteiger partial charge in [-0.15, -0.1) is 0 Å². The fourth-order valence-electron chi connectivity index (χ4n) is 2.70. The average molecular weight is 366 g/mol. The summed E-state index contributed by atoms with van der Waals surface area (Å²) in [6.07, 6.45) is 1.52. The molecule has 0 spiro atoms. The molecule has 0 bridgehead atoms. The maximum atomic E-state index is 12.2. The lowest BCUT2D eigenvalue weighted by Crippen LogP contribution is -2.23. The first-order valence-corrected chi connectivity index (χ1v) is 7.62. The van der Waals surface area contributed by atoms with Crippen molar-refractivity contribution in [2.75, 3.05) is 38.5 Å². The molecule has 132 valence electrons. The van der Waals surface area contributed by atoms with Crippen LogP contribution in [0.1, 0.15) is 16.1 Å². The molecule has 0 atom stereocenters. The van der Waals surface area contributed by atoms with E-state index in [1.807, 2.05) is 0 Å². The molecular formula is C15H16ClN5O4. The van der Waals surface area contributed by atoms with Gasteiger partial charge in [-0.05, 0) is 0 Å².